The normalized spacial score (nSPS) is 19.4. The van der Waals surface area contributed by atoms with E-state index in [1.54, 1.807) is 12.1 Å². The van der Waals surface area contributed by atoms with Crippen LogP contribution in [0.1, 0.15) is 25.3 Å². The Morgan fingerprint density at radius 1 is 1.45 bits per heavy atom. The first-order valence-electron chi connectivity index (χ1n) is 7.01. The zero-order valence-electron chi connectivity index (χ0n) is 11.7. The first-order valence-corrected chi connectivity index (χ1v) is 8.88. The summed E-state index contributed by atoms with van der Waals surface area (Å²) in [6.45, 7) is 4.35. The summed E-state index contributed by atoms with van der Waals surface area (Å²) >= 11 is 6.04. The predicted molar refractivity (Wildman–Crippen MR) is 81.6 cm³/mol. The SMILES string of the molecule is CCCc1ccc(Cl)c(S(=O)(=O)NCC2CCNC2)c1. The van der Waals surface area contributed by atoms with E-state index in [-0.39, 0.29) is 9.92 Å². The van der Waals surface area contributed by atoms with Gasteiger partial charge in [-0.2, -0.15) is 0 Å². The minimum atomic E-state index is -3.53. The summed E-state index contributed by atoms with van der Waals surface area (Å²) in [6, 6.07) is 5.23. The minimum Gasteiger partial charge on any atom is -0.316 e. The summed E-state index contributed by atoms with van der Waals surface area (Å²) in [7, 11) is -3.53. The van der Waals surface area contributed by atoms with Crippen molar-refractivity contribution in [1.29, 1.82) is 0 Å². The summed E-state index contributed by atoms with van der Waals surface area (Å²) in [5.41, 5.74) is 1.000. The average Bonchev–Trinajstić information content (AvgIpc) is 2.92. The molecule has 4 nitrogen and oxygen atoms in total. The van der Waals surface area contributed by atoms with Gasteiger partial charge in [0.2, 0.25) is 10.0 Å². The highest BCUT2D eigenvalue weighted by Crippen LogP contribution is 2.23. The zero-order valence-corrected chi connectivity index (χ0v) is 13.2. The number of halogens is 1. The molecule has 2 N–H and O–H groups in total. The molecule has 1 aromatic carbocycles. The van der Waals surface area contributed by atoms with Gasteiger partial charge in [0.25, 0.3) is 0 Å². The van der Waals surface area contributed by atoms with Crippen LogP contribution in [0, 0.1) is 5.92 Å². The summed E-state index contributed by atoms with van der Waals surface area (Å²) in [5, 5.41) is 3.50. The fourth-order valence-electron chi connectivity index (χ4n) is 2.39. The van der Waals surface area contributed by atoms with Gasteiger partial charge in [-0.15, -0.1) is 0 Å². The largest absolute Gasteiger partial charge is 0.316 e. The van der Waals surface area contributed by atoms with Gasteiger partial charge in [-0.1, -0.05) is 31.0 Å². The second kappa shape index (κ2) is 6.89. The topological polar surface area (TPSA) is 58.2 Å². The highest BCUT2D eigenvalue weighted by molar-refractivity contribution is 7.89. The highest BCUT2D eigenvalue weighted by atomic mass is 35.5. The van der Waals surface area contributed by atoms with Crippen LogP contribution in [0.3, 0.4) is 0 Å². The third-order valence-electron chi connectivity index (χ3n) is 3.55. The maximum atomic E-state index is 12.4. The number of nitrogens with one attached hydrogen (secondary N) is 2. The van der Waals surface area contributed by atoms with Crippen LogP contribution >= 0.6 is 11.6 Å². The molecule has 1 aliphatic heterocycles. The standard InChI is InChI=1S/C14H21ClN2O2S/c1-2-3-11-4-5-13(15)14(8-11)20(18,19)17-10-12-6-7-16-9-12/h4-5,8,12,16-17H,2-3,6-7,9-10H2,1H3. The van der Waals surface area contributed by atoms with Crippen LogP contribution in [-0.2, 0) is 16.4 Å². The van der Waals surface area contributed by atoms with E-state index in [1.807, 2.05) is 6.07 Å². The molecule has 1 saturated heterocycles. The van der Waals surface area contributed by atoms with Crippen molar-refractivity contribution in [3.63, 3.8) is 0 Å². The Labute approximate surface area is 126 Å². The van der Waals surface area contributed by atoms with E-state index in [2.05, 4.69) is 17.0 Å². The average molecular weight is 317 g/mol. The molecule has 0 radical (unpaired) electrons. The summed E-state index contributed by atoms with van der Waals surface area (Å²) in [6.07, 6.45) is 2.83. The van der Waals surface area contributed by atoms with Crippen LogP contribution < -0.4 is 10.0 Å². The lowest BCUT2D eigenvalue weighted by atomic mass is 10.1. The molecule has 1 aliphatic rings. The van der Waals surface area contributed by atoms with Gasteiger partial charge in [-0.05, 0) is 49.5 Å². The molecule has 112 valence electrons. The first-order chi connectivity index (χ1) is 9.53. The fraction of sp³-hybridized carbons (Fsp3) is 0.571. The fourth-order valence-corrected chi connectivity index (χ4v) is 4.06. The van der Waals surface area contributed by atoms with Gasteiger partial charge in [0, 0.05) is 6.54 Å². The zero-order chi connectivity index (χ0) is 14.6. The Balaban J connectivity index is 2.12. The van der Waals surface area contributed by atoms with Crippen molar-refractivity contribution in [2.24, 2.45) is 5.92 Å². The maximum absolute atomic E-state index is 12.4. The number of sulfonamides is 1. The molecule has 1 unspecified atom stereocenters. The van der Waals surface area contributed by atoms with Crippen molar-refractivity contribution >= 4 is 21.6 Å². The molecule has 0 aromatic heterocycles. The van der Waals surface area contributed by atoms with Crippen LogP contribution in [0.15, 0.2) is 23.1 Å². The third kappa shape index (κ3) is 3.95. The number of rotatable bonds is 6. The van der Waals surface area contributed by atoms with E-state index in [4.69, 9.17) is 11.6 Å². The molecule has 0 bridgehead atoms. The molecule has 1 heterocycles. The maximum Gasteiger partial charge on any atom is 0.242 e. The lowest BCUT2D eigenvalue weighted by Gasteiger charge is -2.12. The van der Waals surface area contributed by atoms with E-state index >= 15 is 0 Å². The molecule has 0 amide bonds. The molecular weight excluding hydrogens is 296 g/mol. The van der Waals surface area contributed by atoms with Crippen molar-refractivity contribution in [1.82, 2.24) is 10.0 Å². The van der Waals surface area contributed by atoms with E-state index in [0.717, 1.165) is 37.9 Å². The Hall–Kier alpha value is -0.620. The molecule has 6 heteroatoms. The number of hydrogen-bond acceptors (Lipinski definition) is 3. The molecule has 0 aliphatic carbocycles. The van der Waals surface area contributed by atoms with Crippen molar-refractivity contribution in [3.8, 4) is 0 Å². The Kier molecular flexibility index (Phi) is 5.43. The second-order valence-electron chi connectivity index (χ2n) is 5.23. The molecule has 1 aromatic rings. The van der Waals surface area contributed by atoms with Crippen LogP contribution in [0.5, 0.6) is 0 Å². The van der Waals surface area contributed by atoms with Gasteiger partial charge in [-0.3, -0.25) is 0 Å². The summed E-state index contributed by atoms with van der Waals surface area (Å²) < 4.78 is 27.4. The molecule has 1 atom stereocenters. The molecule has 20 heavy (non-hydrogen) atoms. The van der Waals surface area contributed by atoms with E-state index < -0.39 is 10.0 Å². The predicted octanol–water partition coefficient (Wildman–Crippen LogP) is 2.18. The van der Waals surface area contributed by atoms with Gasteiger partial charge in [0.15, 0.2) is 0 Å². The van der Waals surface area contributed by atoms with Gasteiger partial charge in [0.1, 0.15) is 4.90 Å². The first kappa shape index (κ1) is 15.8. The van der Waals surface area contributed by atoms with E-state index in [1.165, 1.54) is 0 Å². The van der Waals surface area contributed by atoms with Crippen LogP contribution in [0.25, 0.3) is 0 Å². The summed E-state index contributed by atoms with van der Waals surface area (Å²) in [5.74, 6) is 0.363. The highest BCUT2D eigenvalue weighted by Gasteiger charge is 2.21. The Morgan fingerprint density at radius 3 is 2.90 bits per heavy atom. The van der Waals surface area contributed by atoms with Gasteiger partial charge in [0.05, 0.1) is 5.02 Å². The molecular formula is C14H21ClN2O2S. The Morgan fingerprint density at radius 2 is 2.25 bits per heavy atom. The molecule has 0 saturated carbocycles. The van der Waals surface area contributed by atoms with Gasteiger partial charge < -0.3 is 5.32 Å². The van der Waals surface area contributed by atoms with Crippen molar-refractivity contribution in [2.45, 2.75) is 31.1 Å². The van der Waals surface area contributed by atoms with Gasteiger partial charge >= 0.3 is 0 Å². The molecule has 0 spiro atoms. The van der Waals surface area contributed by atoms with Crippen molar-refractivity contribution in [2.75, 3.05) is 19.6 Å². The molecule has 1 fully saturated rings. The monoisotopic (exact) mass is 316 g/mol. The van der Waals surface area contributed by atoms with E-state index in [9.17, 15) is 8.42 Å². The summed E-state index contributed by atoms with van der Waals surface area (Å²) in [4.78, 5) is 0.191. The second-order valence-corrected chi connectivity index (χ2v) is 7.37. The quantitative estimate of drug-likeness (QED) is 0.845. The van der Waals surface area contributed by atoms with Crippen LogP contribution in [-0.4, -0.2) is 28.1 Å². The number of benzene rings is 1. The van der Waals surface area contributed by atoms with Crippen molar-refractivity contribution in [3.05, 3.63) is 28.8 Å². The Bertz CT molecular complexity index is 554. The van der Waals surface area contributed by atoms with Gasteiger partial charge in [-0.25, -0.2) is 13.1 Å². The minimum absolute atomic E-state index is 0.191. The van der Waals surface area contributed by atoms with Crippen LogP contribution in [0.2, 0.25) is 5.02 Å². The smallest absolute Gasteiger partial charge is 0.242 e. The third-order valence-corrected chi connectivity index (χ3v) is 5.45. The van der Waals surface area contributed by atoms with Crippen molar-refractivity contribution < 1.29 is 8.42 Å². The number of aryl methyl sites for hydroxylation is 1. The van der Waals surface area contributed by atoms with Crippen LogP contribution in [0.4, 0.5) is 0 Å². The lowest BCUT2D eigenvalue weighted by Crippen LogP contribution is -2.30. The lowest BCUT2D eigenvalue weighted by molar-refractivity contribution is 0.538. The number of hydrogen-bond donors (Lipinski definition) is 2. The van der Waals surface area contributed by atoms with E-state index in [0.29, 0.717) is 12.5 Å². The molecule has 2 rings (SSSR count).